The molecule has 0 saturated heterocycles. The van der Waals surface area contributed by atoms with E-state index in [1.165, 1.54) is 0 Å². The van der Waals surface area contributed by atoms with Gasteiger partial charge in [0.05, 0.1) is 5.56 Å². The van der Waals surface area contributed by atoms with Crippen LogP contribution in [0.15, 0.2) is 22.7 Å². The maximum Gasteiger partial charge on any atom is 0.252 e. The van der Waals surface area contributed by atoms with Gasteiger partial charge in [0.2, 0.25) is 0 Å². The molecule has 0 aliphatic carbocycles. The lowest BCUT2D eigenvalue weighted by atomic mass is 10.0. The Hall–Kier alpha value is -0.580. The molecule has 0 heterocycles. The molecule has 0 bridgehead atoms. The molecule has 0 aliphatic heterocycles. The minimum atomic E-state index is -0.451. The molecule has 0 saturated carbocycles. The Balaban J connectivity index is 2.86. The van der Waals surface area contributed by atoms with E-state index in [9.17, 15) is 4.79 Å². The predicted molar refractivity (Wildman–Crippen MR) is 72.4 cm³/mol. The maximum atomic E-state index is 12.0. The summed E-state index contributed by atoms with van der Waals surface area (Å²) in [6.45, 7) is 3.75. The molecule has 5 heteroatoms. The minimum Gasteiger partial charge on any atom is -0.396 e. The molecule has 0 fully saturated rings. The van der Waals surface area contributed by atoms with Crippen LogP contribution >= 0.6 is 27.5 Å². The number of amides is 1. The van der Waals surface area contributed by atoms with Crippen molar-refractivity contribution in [3.63, 3.8) is 0 Å². The molecule has 0 aromatic heterocycles. The predicted octanol–water partition coefficient (Wildman–Crippen LogP) is 2.99. The summed E-state index contributed by atoms with van der Waals surface area (Å²) in [6.07, 6.45) is 0.497. The van der Waals surface area contributed by atoms with E-state index in [2.05, 4.69) is 21.2 Å². The third-order valence-electron chi connectivity index (χ3n) is 2.36. The fourth-order valence-electron chi connectivity index (χ4n) is 1.39. The quantitative estimate of drug-likeness (QED) is 0.896. The zero-order valence-electron chi connectivity index (χ0n) is 9.76. The second-order valence-electron chi connectivity index (χ2n) is 4.44. The molecular weight excluding hydrogens is 305 g/mol. The number of hydrogen-bond donors (Lipinski definition) is 2. The van der Waals surface area contributed by atoms with Crippen LogP contribution in [0.3, 0.4) is 0 Å². The SMILES string of the molecule is CC(C)(CCO)NC(=O)c1cc(Cl)ccc1Br. The summed E-state index contributed by atoms with van der Waals surface area (Å²) < 4.78 is 0.694. The van der Waals surface area contributed by atoms with Crippen LogP contribution < -0.4 is 5.32 Å². The van der Waals surface area contributed by atoms with Gasteiger partial charge in [-0.15, -0.1) is 0 Å². The molecule has 0 atom stereocenters. The zero-order chi connectivity index (χ0) is 13.1. The Morgan fingerprint density at radius 1 is 1.53 bits per heavy atom. The monoisotopic (exact) mass is 319 g/mol. The van der Waals surface area contributed by atoms with Crippen LogP contribution in [-0.2, 0) is 0 Å². The van der Waals surface area contributed by atoms with Crippen LogP contribution in [0.2, 0.25) is 5.02 Å². The third-order valence-corrected chi connectivity index (χ3v) is 3.29. The number of nitrogens with one attached hydrogen (secondary N) is 1. The molecule has 1 amide bonds. The summed E-state index contributed by atoms with van der Waals surface area (Å²) in [6, 6.07) is 5.05. The van der Waals surface area contributed by atoms with Gasteiger partial charge in [-0.3, -0.25) is 4.79 Å². The number of aliphatic hydroxyl groups is 1. The van der Waals surface area contributed by atoms with Gasteiger partial charge in [0.15, 0.2) is 0 Å². The Morgan fingerprint density at radius 3 is 2.76 bits per heavy atom. The van der Waals surface area contributed by atoms with Crippen molar-refractivity contribution in [1.29, 1.82) is 0 Å². The number of benzene rings is 1. The van der Waals surface area contributed by atoms with Crippen molar-refractivity contribution in [3.05, 3.63) is 33.3 Å². The molecule has 17 heavy (non-hydrogen) atoms. The fourth-order valence-corrected chi connectivity index (χ4v) is 1.99. The second kappa shape index (κ2) is 5.85. The zero-order valence-corrected chi connectivity index (χ0v) is 12.1. The molecule has 0 unspecified atom stereocenters. The molecule has 0 aliphatic rings. The number of aliphatic hydroxyl groups excluding tert-OH is 1. The lowest BCUT2D eigenvalue weighted by molar-refractivity contribution is 0.0898. The lowest BCUT2D eigenvalue weighted by Crippen LogP contribution is -2.44. The first kappa shape index (κ1) is 14.5. The Morgan fingerprint density at radius 2 is 2.18 bits per heavy atom. The van der Waals surface area contributed by atoms with E-state index in [0.29, 0.717) is 21.5 Å². The second-order valence-corrected chi connectivity index (χ2v) is 5.73. The molecule has 1 aromatic carbocycles. The lowest BCUT2D eigenvalue weighted by Gasteiger charge is -2.25. The standard InChI is InChI=1S/C12H15BrClNO2/c1-12(2,5-6-16)15-11(17)9-7-8(14)3-4-10(9)13/h3-4,7,16H,5-6H2,1-2H3,(H,15,17). The number of hydrogen-bond acceptors (Lipinski definition) is 2. The van der Waals surface area contributed by atoms with E-state index in [-0.39, 0.29) is 12.5 Å². The average Bonchev–Trinajstić information content (AvgIpc) is 2.20. The van der Waals surface area contributed by atoms with Crippen molar-refractivity contribution < 1.29 is 9.90 Å². The first-order valence-electron chi connectivity index (χ1n) is 5.24. The Kier molecular flexibility index (Phi) is 4.98. The number of rotatable bonds is 4. The molecule has 2 N–H and O–H groups in total. The Bertz CT molecular complexity index is 421. The van der Waals surface area contributed by atoms with Gasteiger partial charge in [-0.05, 0) is 54.4 Å². The first-order valence-corrected chi connectivity index (χ1v) is 6.41. The number of carbonyl (C=O) groups is 1. The summed E-state index contributed by atoms with van der Waals surface area (Å²) in [5.74, 6) is -0.210. The highest BCUT2D eigenvalue weighted by Gasteiger charge is 2.21. The molecule has 3 nitrogen and oxygen atoms in total. The van der Waals surface area contributed by atoms with Crippen LogP contribution in [-0.4, -0.2) is 23.2 Å². The highest BCUT2D eigenvalue weighted by molar-refractivity contribution is 9.10. The number of halogens is 2. The van der Waals surface area contributed by atoms with Gasteiger partial charge in [-0.1, -0.05) is 11.6 Å². The summed E-state index contributed by atoms with van der Waals surface area (Å²) in [5, 5.41) is 12.3. The molecule has 0 radical (unpaired) electrons. The summed E-state index contributed by atoms with van der Waals surface area (Å²) in [7, 11) is 0. The van der Waals surface area contributed by atoms with Gasteiger partial charge in [0.25, 0.3) is 5.91 Å². The van der Waals surface area contributed by atoms with E-state index in [0.717, 1.165) is 0 Å². The van der Waals surface area contributed by atoms with Crippen molar-refractivity contribution in [2.45, 2.75) is 25.8 Å². The van der Waals surface area contributed by atoms with E-state index in [4.69, 9.17) is 16.7 Å². The first-order chi connectivity index (χ1) is 7.85. The normalized spacial score (nSPS) is 11.4. The minimum absolute atomic E-state index is 0.0317. The molecule has 1 aromatic rings. The topological polar surface area (TPSA) is 49.3 Å². The van der Waals surface area contributed by atoms with Crippen LogP contribution in [0.4, 0.5) is 0 Å². The van der Waals surface area contributed by atoms with E-state index >= 15 is 0 Å². The fraction of sp³-hybridized carbons (Fsp3) is 0.417. The Labute approximate surface area is 114 Å². The van der Waals surface area contributed by atoms with Crippen LogP contribution in [0, 0.1) is 0 Å². The average molecular weight is 321 g/mol. The highest BCUT2D eigenvalue weighted by atomic mass is 79.9. The van der Waals surface area contributed by atoms with E-state index in [1.807, 2.05) is 13.8 Å². The van der Waals surface area contributed by atoms with Gasteiger partial charge >= 0.3 is 0 Å². The van der Waals surface area contributed by atoms with Gasteiger partial charge in [0.1, 0.15) is 0 Å². The smallest absolute Gasteiger partial charge is 0.252 e. The summed E-state index contributed by atoms with van der Waals surface area (Å²) >= 11 is 9.16. The van der Waals surface area contributed by atoms with Gasteiger partial charge in [0, 0.05) is 21.6 Å². The maximum absolute atomic E-state index is 12.0. The van der Waals surface area contributed by atoms with Crippen LogP contribution in [0.25, 0.3) is 0 Å². The molecule has 94 valence electrons. The van der Waals surface area contributed by atoms with Crippen LogP contribution in [0.5, 0.6) is 0 Å². The van der Waals surface area contributed by atoms with Crippen molar-refractivity contribution in [3.8, 4) is 0 Å². The van der Waals surface area contributed by atoms with E-state index in [1.54, 1.807) is 18.2 Å². The summed E-state index contributed by atoms with van der Waals surface area (Å²) in [4.78, 5) is 12.0. The highest BCUT2D eigenvalue weighted by Crippen LogP contribution is 2.22. The van der Waals surface area contributed by atoms with Crippen molar-refractivity contribution in [2.75, 3.05) is 6.61 Å². The van der Waals surface area contributed by atoms with Crippen molar-refractivity contribution >= 4 is 33.4 Å². The summed E-state index contributed by atoms with van der Waals surface area (Å²) in [5.41, 5.74) is 0.0386. The molecule has 0 spiro atoms. The van der Waals surface area contributed by atoms with Gasteiger partial charge in [-0.2, -0.15) is 0 Å². The van der Waals surface area contributed by atoms with Gasteiger partial charge in [-0.25, -0.2) is 0 Å². The molecule has 1 rings (SSSR count). The van der Waals surface area contributed by atoms with Crippen LogP contribution in [0.1, 0.15) is 30.6 Å². The van der Waals surface area contributed by atoms with E-state index < -0.39 is 5.54 Å². The van der Waals surface area contributed by atoms with Gasteiger partial charge < -0.3 is 10.4 Å². The largest absolute Gasteiger partial charge is 0.396 e. The number of carbonyl (C=O) groups excluding carboxylic acids is 1. The van der Waals surface area contributed by atoms with Crippen molar-refractivity contribution in [1.82, 2.24) is 5.32 Å². The van der Waals surface area contributed by atoms with Crippen molar-refractivity contribution in [2.24, 2.45) is 0 Å². The third kappa shape index (κ3) is 4.30. The molecular formula is C12H15BrClNO2.